The molecule has 0 unspecified atom stereocenters. The fourth-order valence-corrected chi connectivity index (χ4v) is 2.82. The molecular formula is C16H20N4O2S. The van der Waals surface area contributed by atoms with E-state index in [-0.39, 0.29) is 5.91 Å². The van der Waals surface area contributed by atoms with Crippen LogP contribution in [0.15, 0.2) is 29.4 Å². The second-order valence-corrected chi connectivity index (χ2v) is 6.64. The molecular weight excluding hydrogens is 312 g/mol. The lowest BCUT2D eigenvalue weighted by Gasteiger charge is -2.07. The van der Waals surface area contributed by atoms with Gasteiger partial charge in [-0.3, -0.25) is 4.79 Å². The summed E-state index contributed by atoms with van der Waals surface area (Å²) in [5, 5.41) is 11.9. The third-order valence-electron chi connectivity index (χ3n) is 3.56. The van der Waals surface area contributed by atoms with E-state index in [1.165, 1.54) is 11.8 Å². The predicted molar refractivity (Wildman–Crippen MR) is 88.4 cm³/mol. The highest BCUT2D eigenvalue weighted by molar-refractivity contribution is 7.99. The van der Waals surface area contributed by atoms with Crippen molar-refractivity contribution in [3.05, 3.63) is 35.7 Å². The zero-order chi connectivity index (χ0) is 16.2. The highest BCUT2D eigenvalue weighted by Gasteiger charge is 2.23. The monoisotopic (exact) mass is 332 g/mol. The van der Waals surface area contributed by atoms with Crippen LogP contribution in [0.2, 0.25) is 0 Å². The molecule has 3 rings (SSSR count). The summed E-state index contributed by atoms with van der Waals surface area (Å²) in [6.07, 6.45) is 2.20. The zero-order valence-electron chi connectivity index (χ0n) is 13.3. The molecule has 6 nitrogen and oxygen atoms in total. The molecule has 0 aliphatic heterocycles. The lowest BCUT2D eigenvalue weighted by Crippen LogP contribution is -2.27. The zero-order valence-corrected chi connectivity index (χ0v) is 14.1. The van der Waals surface area contributed by atoms with Crippen molar-refractivity contribution < 1.29 is 9.53 Å². The largest absolute Gasteiger partial charge is 0.486 e. The SMILES string of the molecule is Cc1cccc(OCc2nnc(SCC(=O)NC3CC3)n2C)c1. The summed E-state index contributed by atoms with van der Waals surface area (Å²) >= 11 is 1.39. The van der Waals surface area contributed by atoms with Gasteiger partial charge in [0.15, 0.2) is 11.0 Å². The maximum atomic E-state index is 11.7. The van der Waals surface area contributed by atoms with Crippen LogP contribution in [0, 0.1) is 6.92 Å². The van der Waals surface area contributed by atoms with E-state index in [9.17, 15) is 4.79 Å². The number of nitrogens with zero attached hydrogens (tertiary/aromatic N) is 3. The average Bonchev–Trinajstić information content (AvgIpc) is 3.26. The van der Waals surface area contributed by atoms with E-state index in [0.717, 1.165) is 35.1 Å². The van der Waals surface area contributed by atoms with Gasteiger partial charge in [-0.1, -0.05) is 23.9 Å². The number of rotatable bonds is 7. The second kappa shape index (κ2) is 7.04. The number of hydrogen-bond acceptors (Lipinski definition) is 5. The van der Waals surface area contributed by atoms with Crippen LogP contribution in [0.1, 0.15) is 24.2 Å². The number of carbonyl (C=O) groups excluding carboxylic acids is 1. The molecule has 1 aliphatic carbocycles. The normalized spacial score (nSPS) is 13.8. The van der Waals surface area contributed by atoms with Crippen LogP contribution in [0.3, 0.4) is 0 Å². The maximum Gasteiger partial charge on any atom is 0.230 e. The van der Waals surface area contributed by atoms with Crippen LogP contribution in [0.4, 0.5) is 0 Å². The van der Waals surface area contributed by atoms with E-state index in [2.05, 4.69) is 15.5 Å². The van der Waals surface area contributed by atoms with Crippen LogP contribution < -0.4 is 10.1 Å². The molecule has 0 saturated heterocycles. The summed E-state index contributed by atoms with van der Waals surface area (Å²) in [7, 11) is 1.88. The third kappa shape index (κ3) is 4.48. The lowest BCUT2D eigenvalue weighted by atomic mass is 10.2. The van der Waals surface area contributed by atoms with Crippen molar-refractivity contribution in [1.29, 1.82) is 0 Å². The van der Waals surface area contributed by atoms with E-state index in [4.69, 9.17) is 4.74 Å². The molecule has 1 fully saturated rings. The minimum atomic E-state index is 0.0538. The molecule has 0 bridgehead atoms. The minimum Gasteiger partial charge on any atom is -0.486 e. The molecule has 0 atom stereocenters. The Bertz CT molecular complexity index is 697. The minimum absolute atomic E-state index is 0.0538. The molecule has 1 N–H and O–H groups in total. The molecule has 122 valence electrons. The fraction of sp³-hybridized carbons (Fsp3) is 0.438. The number of aryl methyl sites for hydroxylation is 1. The first-order chi connectivity index (χ1) is 11.1. The van der Waals surface area contributed by atoms with Gasteiger partial charge in [0.25, 0.3) is 0 Å². The summed E-state index contributed by atoms with van der Waals surface area (Å²) in [5.74, 6) is 1.96. The smallest absolute Gasteiger partial charge is 0.230 e. The Balaban J connectivity index is 1.52. The molecule has 1 aliphatic rings. The van der Waals surface area contributed by atoms with Crippen molar-refractivity contribution in [2.45, 2.75) is 37.6 Å². The Morgan fingerprint density at radius 2 is 2.26 bits per heavy atom. The number of thioether (sulfide) groups is 1. The van der Waals surface area contributed by atoms with Gasteiger partial charge in [0.1, 0.15) is 12.4 Å². The van der Waals surface area contributed by atoms with Crippen LogP contribution in [-0.2, 0) is 18.4 Å². The van der Waals surface area contributed by atoms with Gasteiger partial charge in [-0.25, -0.2) is 0 Å². The standard InChI is InChI=1S/C16H20N4O2S/c1-11-4-3-5-13(8-11)22-9-14-18-19-16(20(14)2)23-10-15(21)17-12-6-7-12/h3-5,8,12H,6-7,9-10H2,1-2H3,(H,17,21). The summed E-state index contributed by atoms with van der Waals surface area (Å²) in [5.41, 5.74) is 1.15. The topological polar surface area (TPSA) is 69.0 Å². The molecule has 0 radical (unpaired) electrons. The van der Waals surface area contributed by atoms with Crippen molar-refractivity contribution >= 4 is 17.7 Å². The number of ether oxygens (including phenoxy) is 1. The highest BCUT2D eigenvalue weighted by atomic mass is 32.2. The lowest BCUT2D eigenvalue weighted by molar-refractivity contribution is -0.118. The quantitative estimate of drug-likeness (QED) is 0.786. The Morgan fingerprint density at radius 1 is 1.43 bits per heavy atom. The van der Waals surface area contributed by atoms with E-state index < -0.39 is 0 Å². The number of carbonyl (C=O) groups is 1. The maximum absolute atomic E-state index is 11.7. The summed E-state index contributed by atoms with van der Waals surface area (Å²) < 4.78 is 7.61. The third-order valence-corrected chi connectivity index (χ3v) is 4.58. The van der Waals surface area contributed by atoms with Gasteiger partial charge in [-0.05, 0) is 37.5 Å². The van der Waals surface area contributed by atoms with Crippen LogP contribution >= 0.6 is 11.8 Å². The van der Waals surface area contributed by atoms with Gasteiger partial charge >= 0.3 is 0 Å². The number of hydrogen-bond donors (Lipinski definition) is 1. The van der Waals surface area contributed by atoms with Gasteiger partial charge in [-0.2, -0.15) is 0 Å². The molecule has 2 aromatic rings. The van der Waals surface area contributed by atoms with Crippen LogP contribution in [0.5, 0.6) is 5.75 Å². The van der Waals surface area contributed by atoms with E-state index in [1.807, 2.05) is 42.8 Å². The Hall–Kier alpha value is -2.02. The van der Waals surface area contributed by atoms with Gasteiger partial charge in [0.05, 0.1) is 5.75 Å². The van der Waals surface area contributed by atoms with E-state index in [1.54, 1.807) is 0 Å². The van der Waals surface area contributed by atoms with Crippen molar-refractivity contribution in [2.75, 3.05) is 5.75 Å². The number of amides is 1. The van der Waals surface area contributed by atoms with Crippen molar-refractivity contribution in [2.24, 2.45) is 7.05 Å². The van der Waals surface area contributed by atoms with Crippen molar-refractivity contribution in [1.82, 2.24) is 20.1 Å². The molecule has 1 aromatic carbocycles. The van der Waals surface area contributed by atoms with Crippen LogP contribution in [-0.4, -0.2) is 32.5 Å². The molecule has 1 amide bonds. The molecule has 7 heteroatoms. The Labute approximate surface area is 139 Å². The fourth-order valence-electron chi connectivity index (χ4n) is 2.08. The predicted octanol–water partition coefficient (Wildman–Crippen LogP) is 2.07. The van der Waals surface area contributed by atoms with Crippen molar-refractivity contribution in [3.8, 4) is 5.75 Å². The number of benzene rings is 1. The first-order valence-corrected chi connectivity index (χ1v) is 8.60. The average molecular weight is 332 g/mol. The summed E-state index contributed by atoms with van der Waals surface area (Å²) in [6.45, 7) is 2.37. The Morgan fingerprint density at radius 3 is 3.00 bits per heavy atom. The second-order valence-electron chi connectivity index (χ2n) is 5.69. The number of nitrogens with one attached hydrogen (secondary N) is 1. The van der Waals surface area contributed by atoms with Gasteiger partial charge in [0.2, 0.25) is 5.91 Å². The molecule has 1 aromatic heterocycles. The molecule has 1 heterocycles. The number of aromatic nitrogens is 3. The van der Waals surface area contributed by atoms with E-state index in [0.29, 0.717) is 18.4 Å². The molecule has 0 spiro atoms. The van der Waals surface area contributed by atoms with E-state index >= 15 is 0 Å². The van der Waals surface area contributed by atoms with Crippen LogP contribution in [0.25, 0.3) is 0 Å². The first kappa shape index (κ1) is 15.9. The van der Waals surface area contributed by atoms with Gasteiger partial charge < -0.3 is 14.6 Å². The van der Waals surface area contributed by atoms with Gasteiger partial charge in [0, 0.05) is 13.1 Å². The molecule has 1 saturated carbocycles. The molecule has 23 heavy (non-hydrogen) atoms. The Kier molecular flexibility index (Phi) is 4.85. The summed E-state index contributed by atoms with van der Waals surface area (Å²) in [4.78, 5) is 11.7. The summed E-state index contributed by atoms with van der Waals surface area (Å²) in [6, 6.07) is 8.27. The highest BCUT2D eigenvalue weighted by Crippen LogP contribution is 2.20. The van der Waals surface area contributed by atoms with Crippen molar-refractivity contribution in [3.63, 3.8) is 0 Å². The first-order valence-electron chi connectivity index (χ1n) is 7.62. The van der Waals surface area contributed by atoms with Gasteiger partial charge in [-0.15, -0.1) is 10.2 Å².